The maximum absolute atomic E-state index is 9.45. The second kappa shape index (κ2) is 5.42. The lowest BCUT2D eigenvalue weighted by Gasteiger charge is -2.21. The Kier molecular flexibility index (Phi) is 4.01. The van der Waals surface area contributed by atoms with E-state index < -0.39 is 0 Å². The van der Waals surface area contributed by atoms with Gasteiger partial charge in [0.25, 0.3) is 0 Å². The Hall–Kier alpha value is -1.59. The van der Waals surface area contributed by atoms with Gasteiger partial charge in [-0.15, -0.1) is 5.10 Å². The molecule has 5 nitrogen and oxygen atoms in total. The van der Waals surface area contributed by atoms with Crippen molar-refractivity contribution in [2.75, 3.05) is 7.11 Å². The van der Waals surface area contributed by atoms with Gasteiger partial charge in [-0.2, -0.15) is 0 Å². The molecule has 0 fully saturated rings. The van der Waals surface area contributed by atoms with Gasteiger partial charge in [-0.3, -0.25) is 0 Å². The molecule has 0 aliphatic rings. The molecule has 1 N–H and O–H groups in total. The zero-order valence-corrected chi connectivity index (χ0v) is 12.8. The van der Waals surface area contributed by atoms with E-state index in [0.717, 1.165) is 5.69 Å². The molecule has 1 heterocycles. The van der Waals surface area contributed by atoms with Crippen LogP contribution in [0.15, 0.2) is 18.2 Å². The summed E-state index contributed by atoms with van der Waals surface area (Å²) in [5, 5.41) is 18.2. The molecule has 20 heavy (non-hydrogen) atoms. The third-order valence-electron chi connectivity index (χ3n) is 2.97. The van der Waals surface area contributed by atoms with Crippen molar-refractivity contribution >= 4 is 11.6 Å². The van der Waals surface area contributed by atoms with Crippen LogP contribution in [-0.2, 0) is 12.0 Å². The highest BCUT2D eigenvalue weighted by molar-refractivity contribution is 6.30. The first-order chi connectivity index (χ1) is 9.38. The predicted molar refractivity (Wildman–Crippen MR) is 77.5 cm³/mol. The van der Waals surface area contributed by atoms with Crippen LogP contribution < -0.4 is 4.74 Å². The maximum atomic E-state index is 9.45. The Balaban J connectivity index is 2.70. The minimum absolute atomic E-state index is 0.157. The number of hydrogen-bond acceptors (Lipinski definition) is 4. The Morgan fingerprint density at radius 3 is 2.60 bits per heavy atom. The fourth-order valence-corrected chi connectivity index (χ4v) is 2.33. The van der Waals surface area contributed by atoms with Crippen molar-refractivity contribution in [3.05, 3.63) is 34.6 Å². The molecule has 0 amide bonds. The molecule has 1 aromatic heterocycles. The minimum atomic E-state index is -0.227. The minimum Gasteiger partial charge on any atom is -0.494 e. The molecular formula is C14H18ClN3O2. The molecule has 0 aliphatic heterocycles. The number of aromatic nitrogens is 3. The summed E-state index contributed by atoms with van der Waals surface area (Å²) in [6.45, 7) is 5.96. The molecule has 0 atom stereocenters. The number of nitrogens with zero attached hydrogens (tertiary/aromatic N) is 3. The van der Waals surface area contributed by atoms with E-state index in [1.807, 2.05) is 20.8 Å². The number of ether oxygens (including phenoxy) is 1. The van der Waals surface area contributed by atoms with Crippen molar-refractivity contribution < 1.29 is 9.84 Å². The van der Waals surface area contributed by atoms with Crippen LogP contribution in [0.1, 0.15) is 32.2 Å². The van der Waals surface area contributed by atoms with Crippen LogP contribution in [0.2, 0.25) is 5.02 Å². The van der Waals surface area contributed by atoms with E-state index in [1.165, 1.54) is 0 Å². The summed E-state index contributed by atoms with van der Waals surface area (Å²) in [4.78, 5) is 0. The summed E-state index contributed by atoms with van der Waals surface area (Å²) >= 11 is 6.06. The molecule has 0 spiro atoms. The van der Waals surface area contributed by atoms with Crippen molar-refractivity contribution in [1.29, 1.82) is 0 Å². The van der Waals surface area contributed by atoms with E-state index in [4.69, 9.17) is 16.3 Å². The van der Waals surface area contributed by atoms with Gasteiger partial charge in [0.2, 0.25) is 0 Å². The number of methoxy groups -OCH3 is 1. The predicted octanol–water partition coefficient (Wildman–Crippen LogP) is 2.72. The average Bonchev–Trinajstić information content (AvgIpc) is 2.82. The lowest BCUT2D eigenvalue weighted by atomic mass is 9.90. The number of aliphatic hydroxyl groups excluding tert-OH is 1. The molecule has 6 heteroatoms. The van der Waals surface area contributed by atoms with E-state index in [2.05, 4.69) is 10.3 Å². The van der Waals surface area contributed by atoms with Gasteiger partial charge >= 0.3 is 0 Å². The summed E-state index contributed by atoms with van der Waals surface area (Å²) < 4.78 is 7.03. The topological polar surface area (TPSA) is 60.2 Å². The standard InChI is InChI=1S/C14H18ClN3O2/c1-14(2,3)13-10(8-19)16-17-18(13)11-7-9(15)5-6-12(11)20-4/h5-7,19H,8H2,1-4H3. The highest BCUT2D eigenvalue weighted by Crippen LogP contribution is 2.32. The van der Waals surface area contributed by atoms with Gasteiger partial charge in [0.1, 0.15) is 17.1 Å². The number of halogens is 1. The van der Waals surface area contributed by atoms with Gasteiger partial charge in [-0.05, 0) is 18.2 Å². The molecule has 0 bridgehead atoms. The van der Waals surface area contributed by atoms with Gasteiger partial charge in [0, 0.05) is 10.4 Å². The van der Waals surface area contributed by atoms with Crippen LogP contribution in [0, 0.1) is 0 Å². The van der Waals surface area contributed by atoms with Crippen molar-refractivity contribution in [2.45, 2.75) is 32.8 Å². The molecule has 2 aromatic rings. The fourth-order valence-electron chi connectivity index (χ4n) is 2.17. The van der Waals surface area contributed by atoms with Crippen LogP contribution in [0.4, 0.5) is 0 Å². The molecule has 108 valence electrons. The van der Waals surface area contributed by atoms with Crippen LogP contribution >= 0.6 is 11.6 Å². The Morgan fingerprint density at radius 2 is 2.05 bits per heavy atom. The first-order valence-electron chi connectivity index (χ1n) is 6.28. The average molecular weight is 296 g/mol. The molecule has 2 rings (SSSR count). The van der Waals surface area contributed by atoms with Crippen molar-refractivity contribution in [3.8, 4) is 11.4 Å². The third kappa shape index (κ3) is 2.64. The maximum Gasteiger partial charge on any atom is 0.144 e. The Bertz CT molecular complexity index is 617. The zero-order valence-electron chi connectivity index (χ0n) is 12.0. The molecule has 0 unspecified atom stereocenters. The third-order valence-corrected chi connectivity index (χ3v) is 3.20. The number of aliphatic hydroxyl groups is 1. The molecule has 1 aromatic carbocycles. The van der Waals surface area contributed by atoms with E-state index in [1.54, 1.807) is 30.0 Å². The van der Waals surface area contributed by atoms with E-state index >= 15 is 0 Å². The lowest BCUT2D eigenvalue weighted by Crippen LogP contribution is -2.20. The van der Waals surface area contributed by atoms with Crippen molar-refractivity contribution in [3.63, 3.8) is 0 Å². The summed E-state index contributed by atoms with van der Waals surface area (Å²) in [6.07, 6.45) is 0. The van der Waals surface area contributed by atoms with Gasteiger partial charge in [-0.25, -0.2) is 4.68 Å². The van der Waals surface area contributed by atoms with Crippen LogP contribution in [0.25, 0.3) is 5.69 Å². The first-order valence-corrected chi connectivity index (χ1v) is 6.66. The van der Waals surface area contributed by atoms with E-state index in [-0.39, 0.29) is 12.0 Å². The Labute approximate surface area is 123 Å². The largest absolute Gasteiger partial charge is 0.494 e. The Morgan fingerprint density at radius 1 is 1.35 bits per heavy atom. The molecule has 0 aliphatic carbocycles. The molecule has 0 radical (unpaired) electrons. The van der Waals surface area contributed by atoms with Gasteiger partial charge in [-0.1, -0.05) is 37.6 Å². The van der Waals surface area contributed by atoms with Crippen LogP contribution in [0.3, 0.4) is 0 Å². The van der Waals surface area contributed by atoms with E-state index in [0.29, 0.717) is 22.2 Å². The first kappa shape index (κ1) is 14.8. The monoisotopic (exact) mass is 295 g/mol. The number of hydrogen-bond donors (Lipinski definition) is 1. The smallest absolute Gasteiger partial charge is 0.144 e. The van der Waals surface area contributed by atoms with Crippen LogP contribution in [0.5, 0.6) is 5.75 Å². The second-order valence-electron chi connectivity index (χ2n) is 5.52. The lowest BCUT2D eigenvalue weighted by molar-refractivity contribution is 0.273. The SMILES string of the molecule is COc1ccc(Cl)cc1-n1nnc(CO)c1C(C)(C)C. The van der Waals surface area contributed by atoms with Crippen molar-refractivity contribution in [1.82, 2.24) is 15.0 Å². The van der Waals surface area contributed by atoms with Gasteiger partial charge in [0.05, 0.1) is 19.4 Å². The summed E-state index contributed by atoms with van der Waals surface area (Å²) in [5.41, 5.74) is 1.87. The summed E-state index contributed by atoms with van der Waals surface area (Å²) in [7, 11) is 1.59. The normalized spacial score (nSPS) is 11.7. The highest BCUT2D eigenvalue weighted by atomic mass is 35.5. The molecular weight excluding hydrogens is 278 g/mol. The number of benzene rings is 1. The molecule has 0 saturated heterocycles. The quantitative estimate of drug-likeness (QED) is 0.946. The second-order valence-corrected chi connectivity index (χ2v) is 5.96. The number of rotatable bonds is 3. The van der Waals surface area contributed by atoms with Crippen LogP contribution in [-0.4, -0.2) is 27.2 Å². The zero-order chi connectivity index (χ0) is 14.9. The molecule has 0 saturated carbocycles. The van der Waals surface area contributed by atoms with Gasteiger partial charge in [0.15, 0.2) is 0 Å². The van der Waals surface area contributed by atoms with E-state index in [9.17, 15) is 5.11 Å². The summed E-state index contributed by atoms with van der Waals surface area (Å²) in [6, 6.07) is 5.31. The highest BCUT2D eigenvalue weighted by Gasteiger charge is 2.26. The summed E-state index contributed by atoms with van der Waals surface area (Å²) in [5.74, 6) is 0.647. The van der Waals surface area contributed by atoms with Gasteiger partial charge < -0.3 is 9.84 Å². The van der Waals surface area contributed by atoms with Crippen molar-refractivity contribution in [2.24, 2.45) is 0 Å². The fraction of sp³-hybridized carbons (Fsp3) is 0.429.